The minimum atomic E-state index is -0.649. The van der Waals surface area contributed by atoms with E-state index in [0.717, 1.165) is 35.2 Å². The van der Waals surface area contributed by atoms with Crippen molar-refractivity contribution in [3.05, 3.63) is 88.0 Å². The molecule has 0 atom stereocenters. The largest absolute Gasteiger partial charge is 0.487 e. The van der Waals surface area contributed by atoms with Gasteiger partial charge in [-0.1, -0.05) is 6.07 Å². The number of ether oxygens (including phenoxy) is 3. The molecule has 0 unspecified atom stereocenters. The zero-order chi connectivity index (χ0) is 27.9. The summed E-state index contributed by atoms with van der Waals surface area (Å²) >= 11 is 1.58. The van der Waals surface area contributed by atoms with Gasteiger partial charge in [0.1, 0.15) is 23.9 Å². The van der Waals surface area contributed by atoms with E-state index in [4.69, 9.17) is 14.2 Å². The number of benzene rings is 2. The molecule has 1 aliphatic rings. The molecular formula is C29H29N5O5S. The van der Waals surface area contributed by atoms with Crippen molar-refractivity contribution in [3.8, 4) is 11.5 Å². The van der Waals surface area contributed by atoms with Gasteiger partial charge in [0.2, 0.25) is 0 Å². The Balaban J connectivity index is 1.17. The topological polar surface area (TPSA) is 115 Å². The van der Waals surface area contributed by atoms with Gasteiger partial charge < -0.3 is 24.4 Å². The number of aryl methyl sites for hydroxylation is 2. The smallest absolute Gasteiger partial charge is 0.417 e. The third kappa shape index (κ3) is 7.13. The molecule has 4 aromatic rings. The highest BCUT2D eigenvalue weighted by Crippen LogP contribution is 2.24. The van der Waals surface area contributed by atoms with E-state index in [1.165, 1.54) is 0 Å². The predicted molar refractivity (Wildman–Crippen MR) is 154 cm³/mol. The summed E-state index contributed by atoms with van der Waals surface area (Å²) in [6.45, 7) is 6.91. The molecule has 1 fully saturated rings. The summed E-state index contributed by atoms with van der Waals surface area (Å²) in [6.07, 6.45) is 0.955. The second kappa shape index (κ2) is 12.6. The number of carbonyl (C=O) groups excluding carboxylic acids is 2. The molecule has 1 saturated heterocycles. The number of aromatic nitrogens is 2. The number of carbonyl (C=O) groups is 2. The number of morpholine rings is 1. The van der Waals surface area contributed by atoms with Gasteiger partial charge in [-0.25, -0.2) is 14.8 Å². The van der Waals surface area contributed by atoms with Gasteiger partial charge in [0.25, 0.3) is 5.91 Å². The molecule has 0 aliphatic carbocycles. The number of hydrogen-bond donors (Lipinski definition) is 2. The van der Waals surface area contributed by atoms with E-state index < -0.39 is 6.09 Å². The lowest BCUT2D eigenvalue weighted by atomic mass is 10.1. The van der Waals surface area contributed by atoms with E-state index in [2.05, 4.69) is 25.5 Å². The van der Waals surface area contributed by atoms with Crippen molar-refractivity contribution in [2.45, 2.75) is 20.5 Å². The predicted octanol–water partition coefficient (Wildman–Crippen LogP) is 5.43. The summed E-state index contributed by atoms with van der Waals surface area (Å²) in [4.78, 5) is 36.3. The number of nitrogens with zero attached hydrogens (tertiary/aromatic N) is 3. The minimum Gasteiger partial charge on any atom is -0.487 e. The van der Waals surface area contributed by atoms with Crippen LogP contribution < -0.4 is 25.0 Å². The molecule has 3 heterocycles. The van der Waals surface area contributed by atoms with Crippen molar-refractivity contribution in [2.75, 3.05) is 41.8 Å². The number of thiazole rings is 1. The second-order valence-electron chi connectivity index (χ2n) is 9.12. The standard InChI is InChI=1S/C29H29N5O5S/c1-19-3-6-22(32-29(36)39-25-9-10-30-27(16-25)34-11-13-37-14-12-34)15-26(19)33-28(35)21-4-7-24(8-5-21)38-17-23-18-40-20(2)31-23/h3-10,15-16,18H,11-14,17H2,1-2H3,(H,32,36)(H,33,35). The fourth-order valence-corrected chi connectivity index (χ4v) is 4.64. The fourth-order valence-electron chi connectivity index (χ4n) is 4.04. The van der Waals surface area contributed by atoms with Gasteiger partial charge >= 0.3 is 6.09 Å². The molecule has 40 heavy (non-hydrogen) atoms. The van der Waals surface area contributed by atoms with Gasteiger partial charge in [-0.3, -0.25) is 10.1 Å². The highest BCUT2D eigenvalue weighted by atomic mass is 32.1. The maximum atomic E-state index is 12.9. The van der Waals surface area contributed by atoms with Crippen LogP contribution in [0.5, 0.6) is 11.5 Å². The van der Waals surface area contributed by atoms with Crippen molar-refractivity contribution in [3.63, 3.8) is 0 Å². The zero-order valence-electron chi connectivity index (χ0n) is 22.2. The number of hydrogen-bond acceptors (Lipinski definition) is 9. The van der Waals surface area contributed by atoms with Crippen LogP contribution in [-0.2, 0) is 11.3 Å². The molecule has 2 amide bonds. The third-order valence-electron chi connectivity index (χ3n) is 6.16. The minimum absolute atomic E-state index is 0.281. The lowest BCUT2D eigenvalue weighted by molar-refractivity contribution is 0.102. The van der Waals surface area contributed by atoms with Crippen molar-refractivity contribution in [1.29, 1.82) is 0 Å². The number of anilines is 3. The SMILES string of the molecule is Cc1nc(COc2ccc(C(=O)Nc3cc(NC(=O)Oc4ccnc(N5CCOCC5)c4)ccc3C)cc2)cs1. The molecule has 1 aliphatic heterocycles. The lowest BCUT2D eigenvalue weighted by Crippen LogP contribution is -2.36. The normalized spacial score (nSPS) is 13.0. The molecule has 0 spiro atoms. The first-order valence-electron chi connectivity index (χ1n) is 12.8. The maximum Gasteiger partial charge on any atom is 0.417 e. The second-order valence-corrected chi connectivity index (χ2v) is 10.2. The Hall–Kier alpha value is -4.48. The Morgan fingerprint density at radius 3 is 2.55 bits per heavy atom. The van der Waals surface area contributed by atoms with E-state index in [1.807, 2.05) is 25.3 Å². The van der Waals surface area contributed by atoms with E-state index in [9.17, 15) is 9.59 Å². The summed E-state index contributed by atoms with van der Waals surface area (Å²) < 4.78 is 16.6. The van der Waals surface area contributed by atoms with Gasteiger partial charge in [-0.05, 0) is 61.9 Å². The van der Waals surface area contributed by atoms with Crippen LogP contribution in [0.3, 0.4) is 0 Å². The van der Waals surface area contributed by atoms with Crippen molar-refractivity contribution < 1.29 is 23.8 Å². The molecule has 0 saturated carbocycles. The molecular weight excluding hydrogens is 530 g/mol. The van der Waals surface area contributed by atoms with Crippen LogP contribution in [0.25, 0.3) is 0 Å². The number of pyridine rings is 1. The Morgan fingerprint density at radius 1 is 1.00 bits per heavy atom. The number of nitrogens with one attached hydrogen (secondary N) is 2. The average molecular weight is 560 g/mol. The monoisotopic (exact) mass is 559 g/mol. The Kier molecular flexibility index (Phi) is 8.53. The molecule has 11 heteroatoms. The van der Waals surface area contributed by atoms with E-state index in [-0.39, 0.29) is 5.91 Å². The number of rotatable bonds is 8. The Bertz CT molecular complexity index is 1480. The molecule has 10 nitrogen and oxygen atoms in total. The molecule has 2 aromatic carbocycles. The maximum absolute atomic E-state index is 12.9. The van der Waals surface area contributed by atoms with Crippen LogP contribution in [0.15, 0.2) is 66.2 Å². The quantitative estimate of drug-likeness (QED) is 0.294. The third-order valence-corrected chi connectivity index (χ3v) is 6.99. The molecule has 0 radical (unpaired) electrons. The summed E-state index contributed by atoms with van der Waals surface area (Å²) in [5.41, 5.74) is 3.24. The molecule has 2 N–H and O–H groups in total. The highest BCUT2D eigenvalue weighted by molar-refractivity contribution is 7.09. The fraction of sp³-hybridized carbons (Fsp3) is 0.241. The molecule has 0 bridgehead atoms. The van der Waals surface area contributed by atoms with Gasteiger partial charge in [0, 0.05) is 47.7 Å². The first kappa shape index (κ1) is 27.1. The van der Waals surface area contributed by atoms with Crippen LogP contribution in [0, 0.1) is 13.8 Å². The van der Waals surface area contributed by atoms with E-state index in [1.54, 1.807) is 66.1 Å². The van der Waals surface area contributed by atoms with Gasteiger partial charge in [0.05, 0.1) is 23.9 Å². The van der Waals surface area contributed by atoms with E-state index >= 15 is 0 Å². The summed E-state index contributed by atoms with van der Waals surface area (Å²) in [5, 5.41) is 8.58. The first-order valence-corrected chi connectivity index (χ1v) is 13.6. The summed E-state index contributed by atoms with van der Waals surface area (Å²) in [7, 11) is 0. The lowest BCUT2D eigenvalue weighted by Gasteiger charge is -2.27. The van der Waals surface area contributed by atoms with Crippen LogP contribution in [-0.4, -0.2) is 48.3 Å². The van der Waals surface area contributed by atoms with Crippen LogP contribution in [0.1, 0.15) is 26.6 Å². The van der Waals surface area contributed by atoms with Crippen LogP contribution >= 0.6 is 11.3 Å². The van der Waals surface area contributed by atoms with Crippen molar-refractivity contribution in [1.82, 2.24) is 9.97 Å². The van der Waals surface area contributed by atoms with Gasteiger partial charge in [-0.15, -0.1) is 11.3 Å². The summed E-state index contributed by atoms with van der Waals surface area (Å²) in [5.74, 6) is 1.47. The molecule has 206 valence electrons. The Labute approximate surface area is 235 Å². The van der Waals surface area contributed by atoms with Crippen LogP contribution in [0.4, 0.5) is 22.0 Å². The molecule has 5 rings (SSSR count). The molecule has 2 aromatic heterocycles. The average Bonchev–Trinajstić information content (AvgIpc) is 3.39. The van der Waals surface area contributed by atoms with Crippen molar-refractivity contribution >= 4 is 40.5 Å². The van der Waals surface area contributed by atoms with E-state index in [0.29, 0.717) is 48.3 Å². The zero-order valence-corrected chi connectivity index (χ0v) is 23.0. The van der Waals surface area contributed by atoms with Crippen LogP contribution in [0.2, 0.25) is 0 Å². The van der Waals surface area contributed by atoms with Gasteiger partial charge in [0.15, 0.2) is 0 Å². The van der Waals surface area contributed by atoms with Gasteiger partial charge in [-0.2, -0.15) is 0 Å². The van der Waals surface area contributed by atoms with Crippen molar-refractivity contribution in [2.24, 2.45) is 0 Å². The number of amides is 2. The summed E-state index contributed by atoms with van der Waals surface area (Å²) in [6, 6.07) is 15.5. The Morgan fingerprint density at radius 2 is 1.80 bits per heavy atom. The highest BCUT2D eigenvalue weighted by Gasteiger charge is 2.15. The first-order chi connectivity index (χ1) is 19.4.